The predicted molar refractivity (Wildman–Crippen MR) is 113 cm³/mol. The molecule has 6 nitrogen and oxygen atoms in total. The van der Waals surface area contributed by atoms with Gasteiger partial charge in [-0.25, -0.2) is 0 Å². The maximum Gasteiger partial charge on any atom is 0.254 e. The summed E-state index contributed by atoms with van der Waals surface area (Å²) >= 11 is 0. The summed E-state index contributed by atoms with van der Waals surface area (Å²) in [5, 5.41) is 5.30. The van der Waals surface area contributed by atoms with Gasteiger partial charge in [0.25, 0.3) is 11.8 Å². The normalized spacial score (nSPS) is 26.3. The van der Waals surface area contributed by atoms with Crippen LogP contribution in [-0.4, -0.2) is 36.3 Å². The monoisotopic (exact) mass is 404 g/mol. The van der Waals surface area contributed by atoms with Gasteiger partial charge in [0, 0.05) is 5.56 Å². The Bertz CT molecular complexity index is 958. The molecule has 4 atom stereocenters. The third-order valence-corrected chi connectivity index (χ3v) is 5.89. The highest BCUT2D eigenvalue weighted by atomic mass is 16.5. The van der Waals surface area contributed by atoms with E-state index in [1.807, 2.05) is 13.0 Å². The van der Waals surface area contributed by atoms with Gasteiger partial charge in [0.1, 0.15) is 6.61 Å². The lowest BCUT2D eigenvalue weighted by Crippen LogP contribution is -2.28. The van der Waals surface area contributed by atoms with E-state index in [4.69, 9.17) is 15.9 Å². The summed E-state index contributed by atoms with van der Waals surface area (Å²) in [6, 6.07) is 3.64. The lowest BCUT2D eigenvalue weighted by Gasteiger charge is -2.16. The molecule has 154 valence electrons. The van der Waals surface area contributed by atoms with Crippen molar-refractivity contribution in [3.63, 3.8) is 0 Å². The highest BCUT2D eigenvalue weighted by molar-refractivity contribution is 6.06. The number of benzene rings is 1. The van der Waals surface area contributed by atoms with Crippen molar-refractivity contribution in [3.05, 3.63) is 48.1 Å². The second-order valence-corrected chi connectivity index (χ2v) is 7.66. The summed E-state index contributed by atoms with van der Waals surface area (Å²) in [5.41, 5.74) is 1.54. The van der Waals surface area contributed by atoms with Gasteiger partial charge in [-0.2, -0.15) is 10.1 Å². The molecule has 30 heavy (non-hydrogen) atoms. The number of carbonyl (C=O) groups is 2. The molecule has 6 heteroatoms. The molecule has 1 aromatic carbocycles. The maximum atomic E-state index is 12.8. The number of hydrogen-bond acceptors (Lipinski definition) is 5. The lowest BCUT2D eigenvalue weighted by molar-refractivity contribution is -0.140. The number of hydrogen-bond donors (Lipinski definition) is 0. The van der Waals surface area contributed by atoms with Crippen molar-refractivity contribution in [1.29, 1.82) is 0 Å². The van der Waals surface area contributed by atoms with Crippen LogP contribution in [0.3, 0.4) is 0 Å². The first-order valence-electron chi connectivity index (χ1n) is 10.2. The van der Waals surface area contributed by atoms with E-state index >= 15 is 0 Å². The van der Waals surface area contributed by atoms with E-state index in [1.165, 1.54) is 6.21 Å². The van der Waals surface area contributed by atoms with E-state index in [1.54, 1.807) is 12.1 Å². The number of fused-ring (bicyclic) bond motifs is 5. The molecule has 2 amide bonds. The Labute approximate surface area is 176 Å². The number of amides is 2. The average Bonchev–Trinajstić information content (AvgIpc) is 3.41. The Morgan fingerprint density at radius 3 is 2.53 bits per heavy atom. The molecule has 0 spiro atoms. The van der Waals surface area contributed by atoms with E-state index in [9.17, 15) is 9.59 Å². The number of rotatable bonds is 8. The molecule has 1 aromatic rings. The van der Waals surface area contributed by atoms with Crippen LogP contribution in [0.15, 0.2) is 42.0 Å². The van der Waals surface area contributed by atoms with Gasteiger partial charge in [-0.15, -0.1) is 13.0 Å². The fraction of sp³-hybridized carbons (Fsp3) is 0.375. The molecule has 1 saturated heterocycles. The summed E-state index contributed by atoms with van der Waals surface area (Å²) < 4.78 is 11.4. The molecule has 1 heterocycles. The van der Waals surface area contributed by atoms with Gasteiger partial charge in [0.2, 0.25) is 0 Å². The molecule has 0 N–H and O–H groups in total. The smallest absolute Gasteiger partial charge is 0.254 e. The average molecular weight is 404 g/mol. The summed E-state index contributed by atoms with van der Waals surface area (Å²) in [6.45, 7) is 6.23. The first kappa shape index (κ1) is 20.0. The van der Waals surface area contributed by atoms with Crippen molar-refractivity contribution < 1.29 is 19.1 Å². The second-order valence-electron chi connectivity index (χ2n) is 7.66. The van der Waals surface area contributed by atoms with Crippen molar-refractivity contribution in [2.45, 2.75) is 19.8 Å². The van der Waals surface area contributed by atoms with Crippen molar-refractivity contribution in [2.75, 3.05) is 13.2 Å². The number of allylic oxidation sites excluding steroid dienone is 3. The quantitative estimate of drug-likeness (QED) is 0.289. The zero-order chi connectivity index (χ0) is 21.3. The van der Waals surface area contributed by atoms with Crippen LogP contribution in [0, 0.1) is 36.0 Å². The van der Waals surface area contributed by atoms with Crippen LogP contribution in [0.2, 0.25) is 0 Å². The number of terminal acetylenes is 1. The standard InChI is InChI=1S/C24H24N2O4/c1-4-7-18-11-15(12-19(29-6-3)22(18)30-10-5-2)14-25-26-23(27)20-16-8-9-17(13-16)21(20)24(26)28/h2,4,8-9,11-12,14,16-17,20-21H,1,6-7,10,13H2,3H3. The summed E-state index contributed by atoms with van der Waals surface area (Å²) in [6.07, 6.45) is 14.2. The Morgan fingerprint density at radius 2 is 1.93 bits per heavy atom. The Balaban J connectivity index is 1.62. The third-order valence-electron chi connectivity index (χ3n) is 5.89. The largest absolute Gasteiger partial charge is 0.490 e. The molecular formula is C24H24N2O4. The topological polar surface area (TPSA) is 68.2 Å². The zero-order valence-electron chi connectivity index (χ0n) is 16.9. The number of ether oxygens (including phenoxy) is 2. The molecule has 2 aliphatic carbocycles. The van der Waals surface area contributed by atoms with Crippen molar-refractivity contribution in [3.8, 4) is 23.8 Å². The van der Waals surface area contributed by atoms with E-state index in [0.29, 0.717) is 30.1 Å². The predicted octanol–water partition coefficient (Wildman–Crippen LogP) is 2.97. The molecule has 1 aliphatic heterocycles. The zero-order valence-corrected chi connectivity index (χ0v) is 16.9. The third kappa shape index (κ3) is 3.30. The van der Waals surface area contributed by atoms with Gasteiger partial charge >= 0.3 is 0 Å². The molecule has 2 bridgehead atoms. The van der Waals surface area contributed by atoms with Crippen LogP contribution in [0.25, 0.3) is 0 Å². The van der Waals surface area contributed by atoms with E-state index in [0.717, 1.165) is 17.0 Å². The number of hydrazone groups is 1. The van der Waals surface area contributed by atoms with Crippen LogP contribution in [-0.2, 0) is 16.0 Å². The highest BCUT2D eigenvalue weighted by Gasteiger charge is 2.59. The Hall–Kier alpha value is -3.33. The molecule has 4 unspecified atom stereocenters. The first-order chi connectivity index (χ1) is 14.6. The Kier molecular flexibility index (Phi) is 5.45. The minimum absolute atomic E-state index is 0.119. The van der Waals surface area contributed by atoms with E-state index in [2.05, 4.69) is 29.8 Å². The second kappa shape index (κ2) is 8.19. The number of nitrogens with zero attached hydrogens (tertiary/aromatic N) is 2. The van der Waals surface area contributed by atoms with Gasteiger partial charge in [0.15, 0.2) is 11.5 Å². The minimum Gasteiger partial charge on any atom is -0.490 e. The highest BCUT2D eigenvalue weighted by Crippen LogP contribution is 2.52. The number of imide groups is 1. The summed E-state index contributed by atoms with van der Waals surface area (Å²) in [5.74, 6) is 2.94. The fourth-order valence-corrected chi connectivity index (χ4v) is 4.73. The maximum absolute atomic E-state index is 12.8. The van der Waals surface area contributed by atoms with Crippen LogP contribution in [0.4, 0.5) is 0 Å². The Morgan fingerprint density at radius 1 is 1.23 bits per heavy atom. The van der Waals surface area contributed by atoms with Crippen molar-refractivity contribution in [1.82, 2.24) is 5.01 Å². The molecular weight excluding hydrogens is 380 g/mol. The van der Waals surface area contributed by atoms with Crippen LogP contribution in [0.5, 0.6) is 11.5 Å². The van der Waals surface area contributed by atoms with E-state index < -0.39 is 0 Å². The fourth-order valence-electron chi connectivity index (χ4n) is 4.73. The van der Waals surface area contributed by atoms with Crippen LogP contribution >= 0.6 is 0 Å². The molecule has 0 radical (unpaired) electrons. The van der Waals surface area contributed by atoms with E-state index in [-0.39, 0.29) is 42.1 Å². The minimum atomic E-state index is -0.264. The van der Waals surface area contributed by atoms with Crippen LogP contribution < -0.4 is 9.47 Å². The summed E-state index contributed by atoms with van der Waals surface area (Å²) in [7, 11) is 0. The van der Waals surface area contributed by atoms with Gasteiger partial charge in [-0.3, -0.25) is 9.59 Å². The van der Waals surface area contributed by atoms with Gasteiger partial charge in [-0.1, -0.05) is 24.1 Å². The first-order valence-corrected chi connectivity index (χ1v) is 10.2. The number of carbonyl (C=O) groups excluding carboxylic acids is 2. The molecule has 4 rings (SSSR count). The van der Waals surface area contributed by atoms with Crippen molar-refractivity contribution in [2.24, 2.45) is 28.8 Å². The van der Waals surface area contributed by atoms with Crippen molar-refractivity contribution >= 4 is 18.0 Å². The molecule has 2 fully saturated rings. The van der Waals surface area contributed by atoms with Gasteiger partial charge in [0.05, 0.1) is 24.7 Å². The molecule has 0 aromatic heterocycles. The van der Waals surface area contributed by atoms with Gasteiger partial charge < -0.3 is 9.47 Å². The molecule has 1 saturated carbocycles. The summed E-state index contributed by atoms with van der Waals surface area (Å²) in [4.78, 5) is 25.6. The van der Waals surface area contributed by atoms with Gasteiger partial charge in [-0.05, 0) is 49.3 Å². The SMILES string of the molecule is C#CCOc1c(CC=C)cc(C=NN2C(=O)C3C4C=CC(C4)C3C2=O)cc1OCC. The lowest BCUT2D eigenvalue weighted by atomic mass is 9.85. The van der Waals surface area contributed by atoms with Crippen LogP contribution in [0.1, 0.15) is 24.5 Å². The molecule has 3 aliphatic rings.